The predicted molar refractivity (Wildman–Crippen MR) is 79.9 cm³/mol. The Morgan fingerprint density at radius 2 is 1.95 bits per heavy atom. The maximum absolute atomic E-state index is 11.9. The summed E-state index contributed by atoms with van der Waals surface area (Å²) in [5.74, 6) is 0.528. The summed E-state index contributed by atoms with van der Waals surface area (Å²) in [5.41, 5.74) is 0.865. The number of aliphatic hydroxyl groups is 1. The topological polar surface area (TPSA) is 58.6 Å². The van der Waals surface area contributed by atoms with Gasteiger partial charge in [0.2, 0.25) is 0 Å². The van der Waals surface area contributed by atoms with Gasteiger partial charge in [-0.15, -0.1) is 0 Å². The van der Waals surface area contributed by atoms with Crippen molar-refractivity contribution < 1.29 is 14.6 Å². The number of carbonyl (C=O) groups is 1. The quantitative estimate of drug-likeness (QED) is 0.767. The number of hydrogen-bond acceptors (Lipinski definition) is 3. The average Bonchev–Trinajstić information content (AvgIpc) is 2.46. The fourth-order valence-corrected chi connectivity index (χ4v) is 1.92. The molecule has 4 heteroatoms. The van der Waals surface area contributed by atoms with Gasteiger partial charge >= 0.3 is 0 Å². The van der Waals surface area contributed by atoms with E-state index in [1.54, 1.807) is 0 Å². The first kappa shape index (κ1) is 16.5. The van der Waals surface area contributed by atoms with Gasteiger partial charge in [0.05, 0.1) is 0 Å². The van der Waals surface area contributed by atoms with Crippen LogP contribution in [0.25, 0.3) is 0 Å². The molecule has 0 saturated carbocycles. The second kappa shape index (κ2) is 7.90. The van der Waals surface area contributed by atoms with Gasteiger partial charge in [0.1, 0.15) is 5.75 Å². The van der Waals surface area contributed by atoms with Gasteiger partial charge in [-0.05, 0) is 43.9 Å². The van der Waals surface area contributed by atoms with Gasteiger partial charge in [-0.1, -0.05) is 26.0 Å². The molecular weight excluding hydrogens is 254 g/mol. The van der Waals surface area contributed by atoms with Crippen LogP contribution < -0.4 is 10.1 Å². The number of amides is 1. The molecule has 0 fully saturated rings. The van der Waals surface area contributed by atoms with E-state index in [2.05, 4.69) is 12.2 Å². The van der Waals surface area contributed by atoms with Crippen LogP contribution in [0.4, 0.5) is 0 Å². The molecule has 1 aromatic rings. The fourth-order valence-electron chi connectivity index (χ4n) is 1.92. The van der Waals surface area contributed by atoms with Crippen molar-refractivity contribution in [2.75, 3.05) is 13.2 Å². The highest BCUT2D eigenvalue weighted by atomic mass is 16.5. The Balaban J connectivity index is 2.45. The molecule has 1 amide bonds. The first-order chi connectivity index (χ1) is 9.53. The molecule has 20 heavy (non-hydrogen) atoms. The highest BCUT2D eigenvalue weighted by molar-refractivity contribution is 5.78. The van der Waals surface area contributed by atoms with Gasteiger partial charge in [-0.3, -0.25) is 4.79 Å². The van der Waals surface area contributed by atoms with E-state index < -0.39 is 0 Å². The molecule has 0 aromatic heterocycles. The molecule has 2 N–H and O–H groups in total. The molecule has 1 unspecified atom stereocenters. The highest BCUT2D eigenvalue weighted by Gasteiger charge is 2.23. The number of hydrogen-bond donors (Lipinski definition) is 2. The number of rotatable bonds is 8. The fraction of sp³-hybridized carbons (Fsp3) is 0.562. The van der Waals surface area contributed by atoms with Crippen LogP contribution in [0.1, 0.15) is 39.2 Å². The zero-order chi connectivity index (χ0) is 15.0. The largest absolute Gasteiger partial charge is 0.484 e. The molecule has 1 rings (SSSR count). The van der Waals surface area contributed by atoms with Gasteiger partial charge in [-0.2, -0.15) is 0 Å². The Bertz CT molecular complexity index is 416. The van der Waals surface area contributed by atoms with E-state index in [4.69, 9.17) is 9.84 Å². The average molecular weight is 279 g/mol. The van der Waals surface area contributed by atoms with Gasteiger partial charge in [0, 0.05) is 12.1 Å². The number of nitrogens with one attached hydrogen (secondary N) is 1. The number of carbonyl (C=O) groups excluding carboxylic acids is 1. The van der Waals surface area contributed by atoms with Crippen LogP contribution in [0.3, 0.4) is 0 Å². The van der Waals surface area contributed by atoms with Gasteiger partial charge < -0.3 is 15.2 Å². The maximum atomic E-state index is 11.9. The second-order valence-electron chi connectivity index (χ2n) is 5.22. The van der Waals surface area contributed by atoms with Crippen LogP contribution >= 0.6 is 0 Å². The lowest BCUT2D eigenvalue weighted by Gasteiger charge is -2.28. The Hall–Kier alpha value is -1.55. The molecule has 4 nitrogen and oxygen atoms in total. The van der Waals surface area contributed by atoms with E-state index in [1.807, 2.05) is 38.1 Å². The van der Waals surface area contributed by atoms with Crippen molar-refractivity contribution in [2.45, 2.75) is 45.6 Å². The lowest BCUT2D eigenvalue weighted by molar-refractivity contribution is -0.125. The summed E-state index contributed by atoms with van der Waals surface area (Å²) in [6, 6.07) is 7.74. The van der Waals surface area contributed by atoms with E-state index in [-0.39, 0.29) is 24.7 Å². The Morgan fingerprint density at radius 1 is 1.30 bits per heavy atom. The van der Waals surface area contributed by atoms with Crippen molar-refractivity contribution in [3.05, 3.63) is 29.8 Å². The SMILES string of the molecule is CCc1ccc(OCC(=O)NC(C)(CC)CCO)cc1. The number of ether oxygens (including phenoxy) is 1. The monoisotopic (exact) mass is 279 g/mol. The summed E-state index contributed by atoms with van der Waals surface area (Å²) in [6.45, 7) is 6.06. The normalized spacial score (nSPS) is 13.6. The maximum Gasteiger partial charge on any atom is 0.258 e. The lowest BCUT2D eigenvalue weighted by atomic mass is 9.95. The summed E-state index contributed by atoms with van der Waals surface area (Å²) < 4.78 is 5.46. The molecule has 0 radical (unpaired) electrons. The number of aliphatic hydroxyl groups excluding tert-OH is 1. The molecule has 0 bridgehead atoms. The summed E-state index contributed by atoms with van der Waals surface area (Å²) in [7, 11) is 0. The third-order valence-electron chi connectivity index (χ3n) is 3.59. The zero-order valence-electron chi connectivity index (χ0n) is 12.6. The first-order valence-corrected chi connectivity index (χ1v) is 7.16. The van der Waals surface area contributed by atoms with Crippen LogP contribution in [0, 0.1) is 0 Å². The van der Waals surface area contributed by atoms with Gasteiger partial charge in [-0.25, -0.2) is 0 Å². The Labute approximate surface area is 121 Å². The van der Waals surface area contributed by atoms with Gasteiger partial charge in [0.15, 0.2) is 6.61 Å². The molecule has 1 atom stereocenters. The van der Waals surface area contributed by atoms with Crippen molar-refractivity contribution in [1.82, 2.24) is 5.32 Å². The Kier molecular flexibility index (Phi) is 6.52. The minimum Gasteiger partial charge on any atom is -0.484 e. The molecular formula is C16H25NO3. The van der Waals surface area contributed by atoms with Crippen molar-refractivity contribution in [3.63, 3.8) is 0 Å². The van der Waals surface area contributed by atoms with Crippen LogP contribution in [-0.4, -0.2) is 29.8 Å². The first-order valence-electron chi connectivity index (χ1n) is 7.16. The van der Waals surface area contributed by atoms with E-state index >= 15 is 0 Å². The zero-order valence-corrected chi connectivity index (χ0v) is 12.6. The molecule has 0 spiro atoms. The molecule has 0 saturated heterocycles. The molecule has 0 aliphatic rings. The van der Waals surface area contributed by atoms with Crippen molar-refractivity contribution in [1.29, 1.82) is 0 Å². The summed E-state index contributed by atoms with van der Waals surface area (Å²) in [6.07, 6.45) is 2.29. The van der Waals surface area contributed by atoms with Crippen LogP contribution in [0.5, 0.6) is 5.75 Å². The van der Waals surface area contributed by atoms with Crippen molar-refractivity contribution >= 4 is 5.91 Å². The predicted octanol–water partition coefficient (Wildman–Crippen LogP) is 2.30. The van der Waals surface area contributed by atoms with E-state index in [0.29, 0.717) is 12.2 Å². The third-order valence-corrected chi connectivity index (χ3v) is 3.59. The summed E-state index contributed by atoms with van der Waals surface area (Å²) in [5, 5.41) is 11.9. The van der Waals surface area contributed by atoms with Crippen molar-refractivity contribution in [2.24, 2.45) is 0 Å². The third kappa shape index (κ3) is 5.21. The van der Waals surface area contributed by atoms with Crippen LogP contribution in [0.15, 0.2) is 24.3 Å². The molecule has 0 heterocycles. The summed E-state index contributed by atoms with van der Waals surface area (Å²) >= 11 is 0. The minimum atomic E-state index is -0.374. The smallest absolute Gasteiger partial charge is 0.258 e. The number of aryl methyl sites for hydroxylation is 1. The molecule has 112 valence electrons. The van der Waals surface area contributed by atoms with Crippen LogP contribution in [-0.2, 0) is 11.2 Å². The highest BCUT2D eigenvalue weighted by Crippen LogP contribution is 2.15. The Morgan fingerprint density at radius 3 is 2.45 bits per heavy atom. The van der Waals surface area contributed by atoms with E-state index in [1.165, 1.54) is 5.56 Å². The van der Waals surface area contributed by atoms with E-state index in [9.17, 15) is 4.79 Å². The lowest BCUT2D eigenvalue weighted by Crippen LogP contribution is -2.47. The molecule has 0 aliphatic carbocycles. The molecule has 1 aromatic carbocycles. The minimum absolute atomic E-state index is 0.00745. The standard InChI is InChI=1S/C16H25NO3/c1-4-13-6-8-14(9-7-13)20-12-15(19)17-16(3,5-2)10-11-18/h6-9,18H,4-5,10-12H2,1-3H3,(H,17,19). The second-order valence-corrected chi connectivity index (χ2v) is 5.22. The number of benzene rings is 1. The summed E-state index contributed by atoms with van der Waals surface area (Å²) in [4.78, 5) is 11.9. The molecule has 0 aliphatic heterocycles. The van der Waals surface area contributed by atoms with Gasteiger partial charge in [0.25, 0.3) is 5.91 Å². The van der Waals surface area contributed by atoms with Crippen LogP contribution in [0.2, 0.25) is 0 Å². The van der Waals surface area contributed by atoms with E-state index in [0.717, 1.165) is 12.8 Å². The van der Waals surface area contributed by atoms with Crippen molar-refractivity contribution in [3.8, 4) is 5.75 Å².